The molecular formula is C14H16ClFN2OS. The Hall–Kier alpha value is -1.01. The number of ether oxygens (including phenoxy) is 1. The minimum absolute atomic E-state index is 0.183. The topological polar surface area (TPSA) is 34.1 Å². The summed E-state index contributed by atoms with van der Waals surface area (Å²) >= 11 is 7.48. The van der Waals surface area contributed by atoms with E-state index in [0.29, 0.717) is 18.2 Å². The molecule has 0 bridgehead atoms. The first-order valence-electron chi connectivity index (χ1n) is 6.20. The van der Waals surface area contributed by atoms with E-state index in [1.165, 1.54) is 12.1 Å². The van der Waals surface area contributed by atoms with Gasteiger partial charge in [0.25, 0.3) is 0 Å². The van der Waals surface area contributed by atoms with Crippen LogP contribution in [-0.4, -0.2) is 25.2 Å². The highest BCUT2D eigenvalue weighted by Gasteiger charge is 2.18. The number of thiazole rings is 1. The summed E-state index contributed by atoms with van der Waals surface area (Å²) in [6, 6.07) is 4.35. The zero-order valence-corrected chi connectivity index (χ0v) is 12.9. The van der Waals surface area contributed by atoms with Crippen LogP contribution in [0.4, 0.5) is 4.39 Å². The van der Waals surface area contributed by atoms with Crippen molar-refractivity contribution in [3.63, 3.8) is 0 Å². The molecule has 2 rings (SSSR count). The predicted octanol–water partition coefficient (Wildman–Crippen LogP) is 3.57. The van der Waals surface area contributed by atoms with Gasteiger partial charge < -0.3 is 10.1 Å². The van der Waals surface area contributed by atoms with Crippen LogP contribution in [0.2, 0.25) is 5.02 Å². The monoisotopic (exact) mass is 314 g/mol. The molecule has 2 aromatic rings. The minimum atomic E-state index is -0.348. The van der Waals surface area contributed by atoms with E-state index in [1.54, 1.807) is 24.5 Å². The molecule has 0 saturated heterocycles. The van der Waals surface area contributed by atoms with Crippen LogP contribution >= 0.6 is 22.9 Å². The Kier molecular flexibility index (Phi) is 5.48. The number of benzene rings is 1. The number of halogens is 2. The van der Waals surface area contributed by atoms with Crippen LogP contribution in [0.25, 0.3) is 0 Å². The maximum atomic E-state index is 13.5. The van der Waals surface area contributed by atoms with Crippen LogP contribution in [0.5, 0.6) is 0 Å². The molecule has 0 spiro atoms. The van der Waals surface area contributed by atoms with Crippen molar-refractivity contribution in [2.75, 3.05) is 20.3 Å². The standard InChI is InChI=1S/C14H16ClFN2OS/c1-9-8-20-14(18-9)13(17-3-4-19-2)10-5-11(15)7-12(16)6-10/h5-8,13,17H,3-4H2,1-2H3. The summed E-state index contributed by atoms with van der Waals surface area (Å²) in [6.07, 6.45) is 0. The molecule has 0 saturated carbocycles. The van der Waals surface area contributed by atoms with Crippen molar-refractivity contribution in [3.8, 4) is 0 Å². The normalized spacial score (nSPS) is 12.6. The fourth-order valence-corrected chi connectivity index (χ4v) is 3.03. The van der Waals surface area contributed by atoms with Crippen LogP contribution in [0.3, 0.4) is 0 Å². The third kappa shape index (κ3) is 3.99. The highest BCUT2D eigenvalue weighted by atomic mass is 35.5. The number of aromatic nitrogens is 1. The minimum Gasteiger partial charge on any atom is -0.383 e. The molecule has 3 nitrogen and oxygen atoms in total. The second-order valence-electron chi connectivity index (χ2n) is 4.41. The summed E-state index contributed by atoms with van der Waals surface area (Å²) in [6.45, 7) is 3.16. The third-order valence-corrected chi connectivity index (χ3v) is 4.00. The average molecular weight is 315 g/mol. The lowest BCUT2D eigenvalue weighted by Crippen LogP contribution is -2.26. The van der Waals surface area contributed by atoms with Gasteiger partial charge in [-0.3, -0.25) is 0 Å². The van der Waals surface area contributed by atoms with Crippen molar-refractivity contribution >= 4 is 22.9 Å². The molecule has 6 heteroatoms. The van der Waals surface area contributed by atoms with Crippen molar-refractivity contribution in [2.24, 2.45) is 0 Å². The summed E-state index contributed by atoms with van der Waals surface area (Å²) in [5, 5.41) is 6.56. The summed E-state index contributed by atoms with van der Waals surface area (Å²) in [5.41, 5.74) is 1.71. The fraction of sp³-hybridized carbons (Fsp3) is 0.357. The molecule has 1 aromatic carbocycles. The maximum Gasteiger partial charge on any atom is 0.125 e. The molecule has 1 unspecified atom stereocenters. The first-order valence-corrected chi connectivity index (χ1v) is 7.46. The van der Waals surface area contributed by atoms with E-state index >= 15 is 0 Å². The molecule has 1 atom stereocenters. The molecule has 0 radical (unpaired) electrons. The van der Waals surface area contributed by atoms with Crippen molar-refractivity contribution in [1.29, 1.82) is 0 Å². The largest absolute Gasteiger partial charge is 0.383 e. The average Bonchev–Trinajstić information content (AvgIpc) is 2.80. The molecule has 0 aliphatic heterocycles. The second-order valence-corrected chi connectivity index (χ2v) is 5.74. The molecule has 0 fully saturated rings. The molecule has 1 aromatic heterocycles. The van der Waals surface area contributed by atoms with E-state index in [0.717, 1.165) is 16.3 Å². The van der Waals surface area contributed by atoms with Crippen LogP contribution in [-0.2, 0) is 4.74 Å². The highest BCUT2D eigenvalue weighted by molar-refractivity contribution is 7.09. The first-order chi connectivity index (χ1) is 9.60. The number of hydrogen-bond acceptors (Lipinski definition) is 4. The highest BCUT2D eigenvalue weighted by Crippen LogP contribution is 2.27. The predicted molar refractivity (Wildman–Crippen MR) is 80.0 cm³/mol. The maximum absolute atomic E-state index is 13.5. The van der Waals surface area contributed by atoms with E-state index in [4.69, 9.17) is 16.3 Å². The first kappa shape index (κ1) is 15.4. The van der Waals surface area contributed by atoms with E-state index in [1.807, 2.05) is 12.3 Å². The smallest absolute Gasteiger partial charge is 0.125 e. The number of nitrogens with zero attached hydrogens (tertiary/aromatic N) is 1. The Morgan fingerprint density at radius 2 is 2.25 bits per heavy atom. The van der Waals surface area contributed by atoms with Crippen LogP contribution in [0.1, 0.15) is 22.3 Å². The van der Waals surface area contributed by atoms with Crippen LogP contribution in [0.15, 0.2) is 23.6 Å². The Morgan fingerprint density at radius 3 is 2.85 bits per heavy atom. The van der Waals surface area contributed by atoms with Crippen molar-refractivity contribution < 1.29 is 9.13 Å². The van der Waals surface area contributed by atoms with Crippen molar-refractivity contribution in [3.05, 3.63) is 50.7 Å². The Labute approximate surface area is 126 Å². The van der Waals surface area contributed by atoms with Gasteiger partial charge in [0.2, 0.25) is 0 Å². The lowest BCUT2D eigenvalue weighted by molar-refractivity contribution is 0.197. The second kappa shape index (κ2) is 7.13. The number of nitrogens with one attached hydrogen (secondary N) is 1. The lowest BCUT2D eigenvalue weighted by Gasteiger charge is -2.17. The van der Waals surface area contributed by atoms with Gasteiger partial charge in [-0.1, -0.05) is 11.6 Å². The van der Waals surface area contributed by atoms with Crippen molar-refractivity contribution in [1.82, 2.24) is 10.3 Å². The fourth-order valence-electron chi connectivity index (χ4n) is 1.90. The van der Waals surface area contributed by atoms with Gasteiger partial charge in [0.1, 0.15) is 10.8 Å². The van der Waals surface area contributed by atoms with Gasteiger partial charge in [0.15, 0.2) is 0 Å². The van der Waals surface area contributed by atoms with Gasteiger partial charge in [-0.05, 0) is 30.7 Å². The zero-order valence-electron chi connectivity index (χ0n) is 11.3. The molecule has 1 heterocycles. The zero-order chi connectivity index (χ0) is 14.5. The van der Waals surface area contributed by atoms with E-state index in [-0.39, 0.29) is 11.9 Å². The molecule has 0 aliphatic carbocycles. The number of aryl methyl sites for hydroxylation is 1. The van der Waals surface area contributed by atoms with Gasteiger partial charge in [0.05, 0.1) is 12.6 Å². The third-order valence-electron chi connectivity index (χ3n) is 2.76. The SMILES string of the molecule is COCCNC(c1cc(F)cc(Cl)c1)c1nc(C)cs1. The molecular weight excluding hydrogens is 299 g/mol. The molecule has 108 valence electrons. The van der Waals surface area contributed by atoms with Crippen LogP contribution < -0.4 is 5.32 Å². The molecule has 0 amide bonds. The summed E-state index contributed by atoms with van der Waals surface area (Å²) in [4.78, 5) is 4.48. The number of methoxy groups -OCH3 is 1. The van der Waals surface area contributed by atoms with Gasteiger partial charge in [-0.25, -0.2) is 9.37 Å². The molecule has 20 heavy (non-hydrogen) atoms. The van der Waals surface area contributed by atoms with Gasteiger partial charge >= 0.3 is 0 Å². The summed E-state index contributed by atoms with van der Waals surface area (Å²) < 4.78 is 18.6. The quantitative estimate of drug-likeness (QED) is 0.828. The van der Waals surface area contributed by atoms with Crippen molar-refractivity contribution in [2.45, 2.75) is 13.0 Å². The molecule has 0 aliphatic rings. The molecule has 1 N–H and O–H groups in total. The van der Waals surface area contributed by atoms with E-state index in [9.17, 15) is 4.39 Å². The van der Waals surface area contributed by atoms with Crippen LogP contribution in [0, 0.1) is 12.7 Å². The van der Waals surface area contributed by atoms with Gasteiger partial charge in [-0.15, -0.1) is 11.3 Å². The summed E-state index contributed by atoms with van der Waals surface area (Å²) in [7, 11) is 1.64. The van der Waals surface area contributed by atoms with Gasteiger partial charge in [-0.2, -0.15) is 0 Å². The number of rotatable bonds is 6. The van der Waals surface area contributed by atoms with E-state index in [2.05, 4.69) is 10.3 Å². The number of hydrogen-bond donors (Lipinski definition) is 1. The Morgan fingerprint density at radius 1 is 1.45 bits per heavy atom. The lowest BCUT2D eigenvalue weighted by atomic mass is 10.1. The Bertz CT molecular complexity index is 556. The van der Waals surface area contributed by atoms with Gasteiger partial charge in [0, 0.05) is 29.8 Å². The summed E-state index contributed by atoms with van der Waals surface area (Å²) in [5.74, 6) is -0.348. The van der Waals surface area contributed by atoms with E-state index < -0.39 is 0 Å². The Balaban J connectivity index is 2.29.